The minimum atomic E-state index is -3.86. The molecule has 1 aromatic rings. The van der Waals surface area contributed by atoms with Gasteiger partial charge in [-0.3, -0.25) is 4.79 Å². The van der Waals surface area contributed by atoms with E-state index >= 15 is 0 Å². The highest BCUT2D eigenvalue weighted by Gasteiger charge is 2.81. The number of carbonyl (C=O) groups is 1. The van der Waals surface area contributed by atoms with Gasteiger partial charge in [-0.2, -0.15) is 0 Å². The zero-order valence-electron chi connectivity index (χ0n) is 19.1. The van der Waals surface area contributed by atoms with Gasteiger partial charge in [0.1, 0.15) is 11.6 Å². The smallest absolute Gasteiger partial charge is 0.267 e. The zero-order chi connectivity index (χ0) is 23.1. The number of nitrogens with one attached hydrogen (secondary N) is 1. The fourth-order valence-corrected chi connectivity index (χ4v) is 9.01. The maximum Gasteiger partial charge on any atom is 0.267 e. The Morgan fingerprint density at radius 2 is 1.88 bits per heavy atom. The molecule has 0 aliphatic heterocycles. The van der Waals surface area contributed by atoms with E-state index < -0.39 is 21.7 Å². The number of benzene rings is 1. The van der Waals surface area contributed by atoms with E-state index in [1.807, 2.05) is 4.72 Å². The van der Waals surface area contributed by atoms with Crippen LogP contribution in [0.25, 0.3) is 0 Å². The average Bonchev–Trinajstić information content (AvgIpc) is 3.61. The van der Waals surface area contributed by atoms with E-state index in [0.717, 1.165) is 24.3 Å². The molecule has 0 radical (unpaired) electrons. The largest absolute Gasteiger partial charge is 0.493 e. The summed E-state index contributed by atoms with van der Waals surface area (Å²) >= 11 is 0. The molecule has 6 aliphatic carbocycles. The molecule has 1 N–H and O–H groups in total. The van der Waals surface area contributed by atoms with Crippen LogP contribution in [0.3, 0.4) is 0 Å². The van der Waals surface area contributed by atoms with E-state index in [9.17, 15) is 17.6 Å². The van der Waals surface area contributed by atoms with Crippen molar-refractivity contribution in [2.24, 2.45) is 22.2 Å². The minimum Gasteiger partial charge on any atom is -0.493 e. The molecule has 2 spiro atoms. The molecule has 4 bridgehead atoms. The predicted octanol–water partition coefficient (Wildman–Crippen LogP) is 4.15. The van der Waals surface area contributed by atoms with Gasteiger partial charge in [-0.15, -0.1) is 0 Å². The summed E-state index contributed by atoms with van der Waals surface area (Å²) < 4.78 is 52.5. The van der Waals surface area contributed by atoms with E-state index in [1.165, 1.54) is 57.8 Å². The Hall–Kier alpha value is -1.67. The maximum atomic E-state index is 15.0. The molecule has 2 atom stereocenters. The molecule has 0 saturated heterocycles. The molecule has 180 valence electrons. The van der Waals surface area contributed by atoms with E-state index in [2.05, 4.69) is 0 Å². The zero-order valence-corrected chi connectivity index (χ0v) is 19.9. The lowest BCUT2D eigenvalue weighted by Crippen LogP contribution is -2.37. The van der Waals surface area contributed by atoms with Crippen LogP contribution < -0.4 is 9.46 Å². The molecule has 0 heterocycles. The van der Waals surface area contributed by atoms with Gasteiger partial charge < -0.3 is 9.47 Å². The Balaban J connectivity index is 1.18. The molecule has 2 unspecified atom stereocenters. The van der Waals surface area contributed by atoms with Crippen molar-refractivity contribution in [1.82, 2.24) is 4.72 Å². The molecular formula is C25H32FNO5S. The van der Waals surface area contributed by atoms with Crippen LogP contribution in [0.15, 0.2) is 12.1 Å². The van der Waals surface area contributed by atoms with E-state index in [0.29, 0.717) is 23.2 Å². The Bertz CT molecular complexity index is 1100. The molecule has 6 nitrogen and oxygen atoms in total. The molecule has 7 rings (SSSR count). The number of amides is 1. The van der Waals surface area contributed by atoms with Crippen molar-refractivity contribution >= 4 is 15.9 Å². The van der Waals surface area contributed by atoms with Crippen LogP contribution in [-0.4, -0.2) is 40.4 Å². The van der Waals surface area contributed by atoms with Crippen LogP contribution in [0.4, 0.5) is 4.39 Å². The summed E-state index contributed by atoms with van der Waals surface area (Å²) in [5.74, 6) is -0.327. The lowest BCUT2D eigenvalue weighted by Gasteiger charge is -2.43. The summed E-state index contributed by atoms with van der Waals surface area (Å²) in [6, 6.07) is 2.80. The topological polar surface area (TPSA) is 81.7 Å². The molecule has 1 aromatic carbocycles. The van der Waals surface area contributed by atoms with Gasteiger partial charge >= 0.3 is 0 Å². The second kappa shape index (κ2) is 7.17. The number of hydrogen-bond donors (Lipinski definition) is 1. The summed E-state index contributed by atoms with van der Waals surface area (Å²) in [5, 5.41) is 0. The van der Waals surface area contributed by atoms with E-state index in [1.54, 1.807) is 0 Å². The third-order valence-corrected chi connectivity index (χ3v) is 10.4. The Labute approximate surface area is 194 Å². The second-order valence-electron chi connectivity index (χ2n) is 11.6. The van der Waals surface area contributed by atoms with Crippen molar-refractivity contribution in [2.75, 3.05) is 26.1 Å². The fourth-order valence-electron chi connectivity index (χ4n) is 8.02. The lowest BCUT2D eigenvalue weighted by atomic mass is 9.64. The SMILES string of the molecule is COCCCS(=O)(=O)NC(=O)c1cc(C2CC2)c(OCC23CC4CC5(C2)CC5(C4)C3)cc1F. The number of carbonyl (C=O) groups excluding carboxylic acids is 1. The van der Waals surface area contributed by atoms with Crippen molar-refractivity contribution in [3.63, 3.8) is 0 Å². The first-order valence-corrected chi connectivity index (χ1v) is 13.8. The van der Waals surface area contributed by atoms with E-state index in [4.69, 9.17) is 9.47 Å². The van der Waals surface area contributed by atoms with Gasteiger partial charge in [0.2, 0.25) is 10.0 Å². The van der Waals surface area contributed by atoms with Gasteiger partial charge in [-0.1, -0.05) is 0 Å². The highest BCUT2D eigenvalue weighted by molar-refractivity contribution is 7.90. The molecule has 8 heteroatoms. The second-order valence-corrected chi connectivity index (χ2v) is 13.4. The summed E-state index contributed by atoms with van der Waals surface area (Å²) in [4.78, 5) is 12.6. The van der Waals surface area contributed by atoms with Gasteiger partial charge in [-0.05, 0) is 92.1 Å². The highest BCUT2D eigenvalue weighted by Crippen LogP contribution is 2.90. The summed E-state index contributed by atoms with van der Waals surface area (Å²) in [7, 11) is -2.38. The van der Waals surface area contributed by atoms with Crippen molar-refractivity contribution in [3.8, 4) is 5.75 Å². The normalized spacial score (nSPS) is 35.5. The van der Waals surface area contributed by atoms with Crippen LogP contribution in [-0.2, 0) is 14.8 Å². The summed E-state index contributed by atoms with van der Waals surface area (Å²) in [6.45, 7) is 0.886. The molecule has 0 aromatic heterocycles. The quantitative estimate of drug-likeness (QED) is 0.512. The monoisotopic (exact) mass is 477 g/mol. The van der Waals surface area contributed by atoms with Crippen molar-refractivity contribution in [2.45, 2.75) is 63.7 Å². The Morgan fingerprint density at radius 3 is 2.52 bits per heavy atom. The third kappa shape index (κ3) is 3.59. The first-order chi connectivity index (χ1) is 15.7. The number of sulfonamides is 1. The van der Waals surface area contributed by atoms with Crippen molar-refractivity contribution < 1.29 is 27.1 Å². The lowest BCUT2D eigenvalue weighted by molar-refractivity contribution is 0.0362. The Morgan fingerprint density at radius 1 is 1.15 bits per heavy atom. The van der Waals surface area contributed by atoms with Gasteiger partial charge in [-0.25, -0.2) is 17.5 Å². The third-order valence-electron chi connectivity index (χ3n) is 9.09. The van der Waals surface area contributed by atoms with Crippen LogP contribution in [0.2, 0.25) is 0 Å². The molecule has 1 amide bonds. The van der Waals surface area contributed by atoms with Gasteiger partial charge in [0.05, 0.1) is 17.9 Å². The average molecular weight is 478 g/mol. The van der Waals surface area contributed by atoms with Crippen LogP contribution >= 0.6 is 0 Å². The number of methoxy groups -OCH3 is 1. The number of rotatable bonds is 10. The number of ether oxygens (including phenoxy) is 2. The van der Waals surface area contributed by atoms with Gasteiger partial charge in [0.25, 0.3) is 5.91 Å². The summed E-state index contributed by atoms with van der Waals surface area (Å²) in [6.07, 6.45) is 10.1. The summed E-state index contributed by atoms with van der Waals surface area (Å²) in [5.41, 5.74) is 1.98. The van der Waals surface area contributed by atoms with E-state index in [-0.39, 0.29) is 35.7 Å². The van der Waals surface area contributed by atoms with Gasteiger partial charge in [0.15, 0.2) is 0 Å². The van der Waals surface area contributed by atoms with Crippen LogP contribution in [0.5, 0.6) is 5.75 Å². The minimum absolute atomic E-state index is 0.225. The molecule has 33 heavy (non-hydrogen) atoms. The maximum absolute atomic E-state index is 15.0. The van der Waals surface area contributed by atoms with Crippen LogP contribution in [0.1, 0.15) is 79.6 Å². The molecule has 6 aliphatic rings. The number of hydrogen-bond acceptors (Lipinski definition) is 5. The standard InChI is InChI=1S/C25H32FNO5S/c1-31-5-2-6-33(29,30)27-22(28)19-7-18(17-3-4-17)21(8-20(19)26)32-15-23-9-16-10-24(12-23)14-25(24,11-16)13-23/h7-8,16-17H,2-6,9-15H2,1H3,(H,27,28). The predicted molar refractivity (Wildman–Crippen MR) is 120 cm³/mol. The van der Waals surface area contributed by atoms with Crippen molar-refractivity contribution in [3.05, 3.63) is 29.1 Å². The highest BCUT2D eigenvalue weighted by atomic mass is 32.2. The van der Waals surface area contributed by atoms with Crippen molar-refractivity contribution in [1.29, 1.82) is 0 Å². The molecule has 6 saturated carbocycles. The molecule has 6 fully saturated rings. The fraction of sp³-hybridized carbons (Fsp3) is 0.720. The first kappa shape index (κ1) is 21.8. The Kier molecular flexibility index (Phi) is 4.74. The first-order valence-electron chi connectivity index (χ1n) is 12.2. The molecular weight excluding hydrogens is 445 g/mol. The van der Waals surface area contributed by atoms with Crippen LogP contribution in [0, 0.1) is 28.0 Å². The number of halogens is 1. The van der Waals surface area contributed by atoms with Gasteiger partial charge in [0, 0.05) is 25.2 Å².